The van der Waals surface area contributed by atoms with Gasteiger partial charge in [0.05, 0.1) is 23.0 Å². The van der Waals surface area contributed by atoms with Crippen LogP contribution in [-0.4, -0.2) is 9.78 Å². The van der Waals surface area contributed by atoms with Crippen molar-refractivity contribution in [2.45, 2.75) is 33.1 Å². The average molecular weight is 277 g/mol. The van der Waals surface area contributed by atoms with Crippen LogP contribution in [-0.2, 0) is 6.42 Å². The van der Waals surface area contributed by atoms with Crippen LogP contribution < -0.4 is 0 Å². The number of aryl methyl sites for hydroxylation is 1. The maximum absolute atomic E-state index is 8.87. The lowest BCUT2D eigenvalue weighted by Crippen LogP contribution is -2.00. The normalized spacial score (nSPS) is 13.7. The topological polar surface area (TPSA) is 41.6 Å². The van der Waals surface area contributed by atoms with Gasteiger partial charge >= 0.3 is 0 Å². The van der Waals surface area contributed by atoms with Crippen molar-refractivity contribution < 1.29 is 0 Å². The summed E-state index contributed by atoms with van der Waals surface area (Å²) in [6.45, 7) is 4.50. The van der Waals surface area contributed by atoms with Gasteiger partial charge in [0, 0.05) is 11.8 Å². The Balaban J connectivity index is 1.95. The van der Waals surface area contributed by atoms with Gasteiger partial charge in [-0.15, -0.1) is 0 Å². The highest BCUT2D eigenvalue weighted by Crippen LogP contribution is 2.31. The summed E-state index contributed by atoms with van der Waals surface area (Å²) < 4.78 is 1.94. The molecular formula is C18H19N3. The zero-order valence-corrected chi connectivity index (χ0v) is 12.5. The minimum atomic E-state index is 0.653. The van der Waals surface area contributed by atoms with Crippen LogP contribution >= 0.6 is 0 Å². The summed E-state index contributed by atoms with van der Waals surface area (Å²) in [6.07, 6.45) is 7.68. The molecule has 0 spiro atoms. The highest BCUT2D eigenvalue weighted by molar-refractivity contribution is 5.69. The molecule has 2 aromatic rings. The maximum atomic E-state index is 8.87. The highest BCUT2D eigenvalue weighted by Gasteiger charge is 2.18. The first-order chi connectivity index (χ1) is 10.2. The molecule has 0 aliphatic heterocycles. The average Bonchev–Trinajstić information content (AvgIpc) is 2.92. The van der Waals surface area contributed by atoms with Gasteiger partial charge in [0.2, 0.25) is 0 Å². The zero-order chi connectivity index (χ0) is 14.8. The van der Waals surface area contributed by atoms with Crippen LogP contribution in [0.25, 0.3) is 11.3 Å². The molecule has 1 aromatic carbocycles. The SMILES string of the molecule is CC(C)CC1=CCCc2nn(-c3ccc(C#N)cc3)cc21. The van der Waals surface area contributed by atoms with Crippen LogP contribution in [0.5, 0.6) is 0 Å². The third-order valence-corrected chi connectivity index (χ3v) is 3.80. The highest BCUT2D eigenvalue weighted by atomic mass is 15.3. The first-order valence-electron chi connectivity index (χ1n) is 7.46. The van der Waals surface area contributed by atoms with E-state index in [9.17, 15) is 0 Å². The number of nitrogens with zero attached hydrogens (tertiary/aromatic N) is 3. The molecule has 3 rings (SSSR count). The quantitative estimate of drug-likeness (QED) is 0.846. The second-order valence-electron chi connectivity index (χ2n) is 5.96. The molecule has 1 aliphatic carbocycles. The fourth-order valence-corrected chi connectivity index (χ4v) is 2.81. The second-order valence-corrected chi connectivity index (χ2v) is 5.96. The third kappa shape index (κ3) is 2.75. The molecule has 21 heavy (non-hydrogen) atoms. The van der Waals surface area contributed by atoms with Gasteiger partial charge in [0.25, 0.3) is 0 Å². The smallest absolute Gasteiger partial charge is 0.0991 e. The molecular weight excluding hydrogens is 258 g/mol. The van der Waals surface area contributed by atoms with E-state index in [1.54, 1.807) is 0 Å². The van der Waals surface area contributed by atoms with Gasteiger partial charge < -0.3 is 0 Å². The van der Waals surface area contributed by atoms with Crippen molar-refractivity contribution in [3.8, 4) is 11.8 Å². The summed E-state index contributed by atoms with van der Waals surface area (Å²) in [4.78, 5) is 0. The number of rotatable bonds is 3. The molecule has 0 saturated carbocycles. The summed E-state index contributed by atoms with van der Waals surface area (Å²) in [5.74, 6) is 0.653. The summed E-state index contributed by atoms with van der Waals surface area (Å²) in [5, 5.41) is 13.6. The van der Waals surface area contributed by atoms with E-state index in [1.807, 2.05) is 28.9 Å². The molecule has 0 fully saturated rings. The molecule has 0 amide bonds. The van der Waals surface area contributed by atoms with E-state index in [0.717, 1.165) is 24.9 Å². The standard InChI is InChI=1S/C18H19N3/c1-13(2)10-15-4-3-5-18-17(15)12-21(20-18)16-8-6-14(11-19)7-9-16/h4,6-9,12-13H,3,5,10H2,1-2H3. The Bertz CT molecular complexity index is 712. The number of fused-ring (bicyclic) bond motifs is 1. The van der Waals surface area contributed by atoms with Crippen LogP contribution in [0, 0.1) is 17.2 Å². The second kappa shape index (κ2) is 5.57. The lowest BCUT2D eigenvalue weighted by molar-refractivity contribution is 0.669. The molecule has 0 N–H and O–H groups in total. The van der Waals surface area contributed by atoms with E-state index in [4.69, 9.17) is 10.4 Å². The Hall–Kier alpha value is -2.34. The molecule has 1 aliphatic rings. The fourth-order valence-electron chi connectivity index (χ4n) is 2.81. The summed E-state index contributed by atoms with van der Waals surface area (Å²) in [5.41, 5.74) is 5.59. The molecule has 106 valence electrons. The van der Waals surface area contributed by atoms with E-state index < -0.39 is 0 Å². The molecule has 0 radical (unpaired) electrons. The minimum absolute atomic E-state index is 0.653. The lowest BCUT2D eigenvalue weighted by atomic mass is 9.91. The Morgan fingerprint density at radius 1 is 1.29 bits per heavy atom. The van der Waals surface area contributed by atoms with Crippen molar-refractivity contribution in [1.82, 2.24) is 9.78 Å². The van der Waals surface area contributed by atoms with Gasteiger partial charge in [-0.25, -0.2) is 4.68 Å². The van der Waals surface area contributed by atoms with Crippen LogP contribution in [0.1, 0.15) is 43.5 Å². The van der Waals surface area contributed by atoms with Crippen LogP contribution in [0.3, 0.4) is 0 Å². The monoisotopic (exact) mass is 277 g/mol. The zero-order valence-electron chi connectivity index (χ0n) is 12.5. The summed E-state index contributed by atoms with van der Waals surface area (Å²) >= 11 is 0. The predicted molar refractivity (Wildman–Crippen MR) is 84.0 cm³/mol. The fraction of sp³-hybridized carbons (Fsp3) is 0.333. The molecule has 1 heterocycles. The van der Waals surface area contributed by atoms with Crippen LogP contribution in [0.15, 0.2) is 36.5 Å². The largest absolute Gasteiger partial charge is 0.240 e. The Kier molecular flexibility index (Phi) is 3.62. The Labute approximate surface area is 125 Å². The molecule has 0 saturated heterocycles. The van der Waals surface area contributed by atoms with Crippen LogP contribution in [0.2, 0.25) is 0 Å². The number of benzene rings is 1. The van der Waals surface area contributed by atoms with Gasteiger partial charge in [-0.1, -0.05) is 19.9 Å². The van der Waals surface area contributed by atoms with E-state index in [-0.39, 0.29) is 0 Å². The molecule has 0 bridgehead atoms. The van der Waals surface area contributed by atoms with E-state index in [1.165, 1.54) is 16.8 Å². The number of allylic oxidation sites excluding steroid dienone is 2. The molecule has 1 aromatic heterocycles. The van der Waals surface area contributed by atoms with Crippen molar-refractivity contribution in [2.75, 3.05) is 0 Å². The Morgan fingerprint density at radius 2 is 2.05 bits per heavy atom. The van der Waals surface area contributed by atoms with Gasteiger partial charge in [-0.2, -0.15) is 10.4 Å². The van der Waals surface area contributed by atoms with E-state index in [0.29, 0.717) is 11.5 Å². The first-order valence-corrected chi connectivity index (χ1v) is 7.46. The number of hydrogen-bond acceptors (Lipinski definition) is 2. The Morgan fingerprint density at radius 3 is 2.71 bits per heavy atom. The minimum Gasteiger partial charge on any atom is -0.240 e. The van der Waals surface area contributed by atoms with Crippen molar-refractivity contribution in [3.05, 3.63) is 53.4 Å². The van der Waals surface area contributed by atoms with Gasteiger partial charge in [0.1, 0.15) is 0 Å². The van der Waals surface area contributed by atoms with Crippen LogP contribution in [0.4, 0.5) is 0 Å². The summed E-state index contributed by atoms with van der Waals surface area (Å²) in [7, 11) is 0. The first kappa shape index (κ1) is 13.6. The van der Waals surface area contributed by atoms with E-state index >= 15 is 0 Å². The lowest BCUT2D eigenvalue weighted by Gasteiger charge is -2.14. The van der Waals surface area contributed by atoms with Crippen molar-refractivity contribution >= 4 is 5.57 Å². The number of hydrogen-bond donors (Lipinski definition) is 0. The van der Waals surface area contributed by atoms with E-state index in [2.05, 4.69) is 32.2 Å². The number of aromatic nitrogens is 2. The molecule has 3 nitrogen and oxygen atoms in total. The predicted octanol–water partition coefficient (Wildman–Crippen LogP) is 4.12. The van der Waals surface area contributed by atoms with Gasteiger partial charge in [0.15, 0.2) is 0 Å². The molecule has 0 atom stereocenters. The maximum Gasteiger partial charge on any atom is 0.0991 e. The van der Waals surface area contributed by atoms with Crippen molar-refractivity contribution in [2.24, 2.45) is 5.92 Å². The van der Waals surface area contributed by atoms with Crippen molar-refractivity contribution in [3.63, 3.8) is 0 Å². The molecule has 0 unspecified atom stereocenters. The third-order valence-electron chi connectivity index (χ3n) is 3.80. The number of nitriles is 1. The van der Waals surface area contributed by atoms with Gasteiger partial charge in [-0.3, -0.25) is 0 Å². The molecule has 3 heteroatoms. The van der Waals surface area contributed by atoms with Crippen molar-refractivity contribution in [1.29, 1.82) is 5.26 Å². The summed E-state index contributed by atoms with van der Waals surface area (Å²) in [6, 6.07) is 9.71. The van der Waals surface area contributed by atoms with Gasteiger partial charge in [-0.05, 0) is 55.0 Å².